The molecule has 0 unspecified atom stereocenters. The van der Waals surface area contributed by atoms with Crippen molar-refractivity contribution < 1.29 is 17.7 Å². The molecule has 2 rings (SSSR count). The zero-order valence-corrected chi connectivity index (χ0v) is 14.5. The lowest BCUT2D eigenvalue weighted by atomic mass is 9.93. The Labute approximate surface area is 139 Å². The zero-order valence-electron chi connectivity index (χ0n) is 13.6. The Bertz CT molecular complexity index is 510. The third-order valence-electron chi connectivity index (χ3n) is 4.37. The molecule has 1 aliphatic rings. The SMILES string of the molecule is CC[S@](=O)[C@@H]1CCC[C@@H](N[C@H](C)c2ccc(OC(F)F)cc2)C1. The van der Waals surface area contributed by atoms with Gasteiger partial charge in [-0.25, -0.2) is 0 Å². The maximum atomic E-state index is 12.2. The van der Waals surface area contributed by atoms with E-state index in [9.17, 15) is 13.0 Å². The van der Waals surface area contributed by atoms with Gasteiger partial charge in [-0.05, 0) is 43.9 Å². The van der Waals surface area contributed by atoms with Crippen LogP contribution in [0.1, 0.15) is 51.1 Å². The van der Waals surface area contributed by atoms with Gasteiger partial charge in [-0.2, -0.15) is 8.78 Å². The first-order valence-corrected chi connectivity index (χ1v) is 9.55. The van der Waals surface area contributed by atoms with Gasteiger partial charge in [-0.1, -0.05) is 25.5 Å². The number of hydrogen-bond acceptors (Lipinski definition) is 3. The minimum Gasteiger partial charge on any atom is -0.435 e. The first kappa shape index (κ1) is 18.3. The lowest BCUT2D eigenvalue weighted by Gasteiger charge is -2.31. The summed E-state index contributed by atoms with van der Waals surface area (Å²) >= 11 is 0. The smallest absolute Gasteiger partial charge is 0.387 e. The Balaban J connectivity index is 1.90. The summed E-state index contributed by atoms with van der Waals surface area (Å²) in [5.74, 6) is 0.894. The molecule has 6 heteroatoms. The molecule has 1 aromatic carbocycles. The molecular formula is C17H25F2NO2S. The van der Waals surface area contributed by atoms with Crippen LogP contribution in [0, 0.1) is 0 Å². The molecule has 23 heavy (non-hydrogen) atoms. The minimum absolute atomic E-state index is 0.120. The van der Waals surface area contributed by atoms with E-state index in [0.29, 0.717) is 11.3 Å². The molecular weight excluding hydrogens is 320 g/mol. The summed E-state index contributed by atoms with van der Waals surface area (Å²) in [6, 6.07) is 7.22. The monoisotopic (exact) mass is 345 g/mol. The van der Waals surface area contributed by atoms with E-state index in [2.05, 4.69) is 17.0 Å². The Kier molecular flexibility index (Phi) is 6.96. The highest BCUT2D eigenvalue weighted by Crippen LogP contribution is 2.26. The molecule has 0 bridgehead atoms. The summed E-state index contributed by atoms with van der Waals surface area (Å²) < 4.78 is 40.7. The van der Waals surface area contributed by atoms with Gasteiger partial charge >= 0.3 is 6.61 Å². The molecule has 0 spiro atoms. The molecule has 0 radical (unpaired) electrons. The molecule has 130 valence electrons. The molecule has 1 N–H and O–H groups in total. The van der Waals surface area contributed by atoms with E-state index in [1.165, 1.54) is 0 Å². The quantitative estimate of drug-likeness (QED) is 0.811. The van der Waals surface area contributed by atoms with E-state index in [-0.39, 0.29) is 11.8 Å². The van der Waals surface area contributed by atoms with Crippen molar-refractivity contribution >= 4 is 10.8 Å². The van der Waals surface area contributed by atoms with Crippen molar-refractivity contribution in [2.75, 3.05) is 5.75 Å². The third-order valence-corrected chi connectivity index (χ3v) is 6.11. The fourth-order valence-electron chi connectivity index (χ4n) is 3.16. The molecule has 1 aromatic rings. The van der Waals surface area contributed by atoms with Crippen LogP contribution in [0.25, 0.3) is 0 Å². The van der Waals surface area contributed by atoms with Crippen molar-refractivity contribution in [1.29, 1.82) is 0 Å². The van der Waals surface area contributed by atoms with Crippen LogP contribution in [-0.2, 0) is 10.8 Å². The molecule has 3 nitrogen and oxygen atoms in total. The predicted octanol–water partition coefficient (Wildman–Crippen LogP) is 4.02. The van der Waals surface area contributed by atoms with Gasteiger partial charge < -0.3 is 10.1 Å². The van der Waals surface area contributed by atoms with Crippen molar-refractivity contribution in [1.82, 2.24) is 5.32 Å². The lowest BCUT2D eigenvalue weighted by molar-refractivity contribution is -0.0498. The highest BCUT2D eigenvalue weighted by atomic mass is 32.2. The Morgan fingerprint density at radius 2 is 2.00 bits per heavy atom. The Morgan fingerprint density at radius 1 is 1.30 bits per heavy atom. The van der Waals surface area contributed by atoms with Crippen LogP contribution in [0.15, 0.2) is 24.3 Å². The minimum atomic E-state index is -2.80. The lowest BCUT2D eigenvalue weighted by Crippen LogP contribution is -2.39. The predicted molar refractivity (Wildman–Crippen MR) is 89.4 cm³/mol. The van der Waals surface area contributed by atoms with Crippen LogP contribution in [0.4, 0.5) is 8.78 Å². The number of nitrogens with one attached hydrogen (secondary N) is 1. The van der Waals surface area contributed by atoms with Crippen LogP contribution >= 0.6 is 0 Å². The van der Waals surface area contributed by atoms with Gasteiger partial charge in [0.05, 0.1) is 0 Å². The standard InChI is InChI=1S/C17H25F2NO2S/c1-3-23(21)16-6-4-5-14(11-16)20-12(2)13-7-9-15(10-8-13)22-17(18)19/h7-10,12,14,16-17,20H,3-6,11H2,1-2H3/t12-,14-,16-,23+/m1/s1. The van der Waals surface area contributed by atoms with E-state index >= 15 is 0 Å². The number of hydrogen-bond donors (Lipinski definition) is 1. The summed E-state index contributed by atoms with van der Waals surface area (Å²) in [6.07, 6.45) is 4.18. The Morgan fingerprint density at radius 3 is 2.61 bits per heavy atom. The first-order valence-electron chi connectivity index (χ1n) is 8.17. The normalized spacial score (nSPS) is 24.4. The fourth-order valence-corrected chi connectivity index (χ4v) is 4.51. The number of halogens is 2. The van der Waals surface area contributed by atoms with E-state index in [1.807, 2.05) is 6.92 Å². The summed E-state index contributed by atoms with van der Waals surface area (Å²) in [5.41, 5.74) is 1.03. The van der Waals surface area contributed by atoms with Crippen LogP contribution in [0.5, 0.6) is 5.75 Å². The van der Waals surface area contributed by atoms with Gasteiger partial charge in [0.1, 0.15) is 5.75 Å². The van der Waals surface area contributed by atoms with Crippen LogP contribution in [0.2, 0.25) is 0 Å². The molecule has 1 saturated carbocycles. The van der Waals surface area contributed by atoms with Gasteiger partial charge in [0.25, 0.3) is 0 Å². The molecule has 1 fully saturated rings. The highest BCUT2D eigenvalue weighted by Gasteiger charge is 2.26. The first-order chi connectivity index (χ1) is 11.0. The van der Waals surface area contributed by atoms with Crippen molar-refractivity contribution in [3.63, 3.8) is 0 Å². The second kappa shape index (κ2) is 8.73. The molecule has 0 aromatic heterocycles. The van der Waals surface area contributed by atoms with Crippen molar-refractivity contribution in [2.24, 2.45) is 0 Å². The Hall–Kier alpha value is -1.01. The number of alkyl halides is 2. The van der Waals surface area contributed by atoms with Gasteiger partial charge in [0.15, 0.2) is 0 Å². The van der Waals surface area contributed by atoms with E-state index in [4.69, 9.17) is 0 Å². The maximum Gasteiger partial charge on any atom is 0.387 e. The number of benzene rings is 1. The largest absolute Gasteiger partial charge is 0.435 e. The molecule has 0 aliphatic heterocycles. The van der Waals surface area contributed by atoms with Crippen molar-refractivity contribution in [2.45, 2.75) is 63.5 Å². The van der Waals surface area contributed by atoms with E-state index in [0.717, 1.165) is 37.0 Å². The number of ether oxygens (including phenoxy) is 1. The maximum absolute atomic E-state index is 12.2. The summed E-state index contributed by atoms with van der Waals surface area (Å²) in [4.78, 5) is 0. The highest BCUT2D eigenvalue weighted by molar-refractivity contribution is 7.85. The van der Waals surface area contributed by atoms with Gasteiger partial charge in [-0.15, -0.1) is 0 Å². The molecule has 4 atom stereocenters. The molecule has 1 aliphatic carbocycles. The topological polar surface area (TPSA) is 38.3 Å². The number of rotatable bonds is 7. The van der Waals surface area contributed by atoms with Gasteiger partial charge in [-0.3, -0.25) is 4.21 Å². The van der Waals surface area contributed by atoms with Crippen molar-refractivity contribution in [3.05, 3.63) is 29.8 Å². The molecule has 0 heterocycles. The van der Waals surface area contributed by atoms with Gasteiger partial charge in [0.2, 0.25) is 0 Å². The second-order valence-electron chi connectivity index (χ2n) is 5.99. The van der Waals surface area contributed by atoms with Crippen LogP contribution in [-0.4, -0.2) is 27.9 Å². The average Bonchev–Trinajstić information content (AvgIpc) is 2.54. The van der Waals surface area contributed by atoms with Crippen LogP contribution < -0.4 is 10.1 Å². The average molecular weight is 345 g/mol. The molecule has 0 amide bonds. The van der Waals surface area contributed by atoms with Gasteiger partial charge in [0, 0.05) is 33.9 Å². The summed E-state index contributed by atoms with van der Waals surface area (Å²) in [7, 11) is -0.730. The zero-order chi connectivity index (χ0) is 16.8. The molecule has 0 saturated heterocycles. The van der Waals surface area contributed by atoms with Crippen molar-refractivity contribution in [3.8, 4) is 5.75 Å². The fraction of sp³-hybridized carbons (Fsp3) is 0.647. The van der Waals surface area contributed by atoms with E-state index < -0.39 is 17.4 Å². The van der Waals surface area contributed by atoms with E-state index in [1.54, 1.807) is 24.3 Å². The van der Waals surface area contributed by atoms with Crippen LogP contribution in [0.3, 0.4) is 0 Å². The second-order valence-corrected chi connectivity index (χ2v) is 8.00. The third kappa shape index (κ3) is 5.53. The summed E-state index contributed by atoms with van der Waals surface area (Å²) in [5, 5.41) is 3.87. The summed E-state index contributed by atoms with van der Waals surface area (Å²) in [6.45, 7) is 1.23.